The van der Waals surface area contributed by atoms with Gasteiger partial charge in [0.25, 0.3) is 0 Å². The highest BCUT2D eigenvalue weighted by Crippen LogP contribution is 2.01. The molecule has 7 nitrogen and oxygen atoms in total. The molecule has 0 aliphatic rings. The van der Waals surface area contributed by atoms with E-state index in [2.05, 4.69) is 9.47 Å². The maximum atomic E-state index is 10.6. The highest BCUT2D eigenvalue weighted by atomic mass is 16.7. The van der Waals surface area contributed by atoms with E-state index in [1.54, 1.807) is 0 Å². The van der Waals surface area contributed by atoms with Crippen molar-refractivity contribution in [3.05, 3.63) is 0 Å². The van der Waals surface area contributed by atoms with Crippen LogP contribution in [-0.2, 0) is 19.1 Å². The van der Waals surface area contributed by atoms with Crippen molar-refractivity contribution in [2.24, 2.45) is 0 Å². The van der Waals surface area contributed by atoms with Gasteiger partial charge in [-0.3, -0.25) is 4.79 Å². The van der Waals surface area contributed by atoms with Crippen LogP contribution < -0.4 is 0 Å². The smallest absolute Gasteiger partial charge is 0.481 e. The summed E-state index contributed by atoms with van der Waals surface area (Å²) in [4.78, 5) is 31.2. The molecule has 0 saturated carbocycles. The van der Waals surface area contributed by atoms with Gasteiger partial charge < -0.3 is 19.7 Å². The third-order valence-electron chi connectivity index (χ3n) is 1.14. The van der Waals surface area contributed by atoms with Crippen molar-refractivity contribution in [3.8, 4) is 0 Å². The molecule has 0 aliphatic carbocycles. The third-order valence-corrected chi connectivity index (χ3v) is 1.14. The molecule has 0 aromatic heterocycles. The Labute approximate surface area is 79.2 Å². The van der Waals surface area contributed by atoms with Crippen molar-refractivity contribution < 1.29 is 34.1 Å². The maximum absolute atomic E-state index is 10.6. The molecule has 7 heteroatoms. The molecule has 2 N–H and O–H groups in total. The summed E-state index contributed by atoms with van der Waals surface area (Å²) < 4.78 is 8.51. The van der Waals surface area contributed by atoms with Crippen LogP contribution in [0.25, 0.3) is 0 Å². The molecule has 0 fully saturated rings. The van der Waals surface area contributed by atoms with Gasteiger partial charge in [-0.15, -0.1) is 0 Å². The van der Waals surface area contributed by atoms with Crippen LogP contribution in [0, 0.1) is 0 Å². The Balaban J connectivity index is 4.16. The molecule has 0 amide bonds. The molecule has 0 rings (SSSR count). The lowest BCUT2D eigenvalue weighted by molar-refractivity contribution is -0.154. The average molecular weight is 206 g/mol. The minimum Gasteiger partial charge on any atom is -0.481 e. The second-order valence-corrected chi connectivity index (χ2v) is 2.23. The summed E-state index contributed by atoms with van der Waals surface area (Å²) in [6.07, 6.45) is -3.71. The van der Waals surface area contributed by atoms with E-state index < -0.39 is 30.6 Å². The number of hydrogen-bond acceptors (Lipinski definition) is 5. The fourth-order valence-corrected chi connectivity index (χ4v) is 0.606. The molecule has 0 spiro atoms. The second kappa shape index (κ2) is 5.79. The van der Waals surface area contributed by atoms with Crippen molar-refractivity contribution in [2.45, 2.75) is 19.4 Å². The summed E-state index contributed by atoms with van der Waals surface area (Å²) in [6, 6.07) is 0. The van der Waals surface area contributed by atoms with E-state index in [-0.39, 0.29) is 6.61 Å². The quantitative estimate of drug-likeness (QED) is 0.613. The van der Waals surface area contributed by atoms with Crippen molar-refractivity contribution in [2.75, 3.05) is 6.61 Å². The van der Waals surface area contributed by atoms with Crippen LogP contribution in [0.5, 0.6) is 0 Å². The third kappa shape index (κ3) is 4.96. The Kier molecular flexibility index (Phi) is 5.05. The molecule has 0 aromatic carbocycles. The number of rotatable bonds is 5. The summed E-state index contributed by atoms with van der Waals surface area (Å²) in [5.41, 5.74) is 0. The summed E-state index contributed by atoms with van der Waals surface area (Å²) in [6.45, 7) is 1.53. The second-order valence-electron chi connectivity index (χ2n) is 2.23. The minimum absolute atomic E-state index is 0.0260. The molecule has 0 aromatic rings. The van der Waals surface area contributed by atoms with Gasteiger partial charge in [0, 0.05) is 0 Å². The molecule has 14 heavy (non-hydrogen) atoms. The van der Waals surface area contributed by atoms with E-state index in [0.29, 0.717) is 0 Å². The largest absolute Gasteiger partial charge is 0.509 e. The first kappa shape index (κ1) is 12.2. The zero-order valence-corrected chi connectivity index (χ0v) is 7.43. The lowest BCUT2D eigenvalue weighted by Crippen LogP contribution is -2.29. The van der Waals surface area contributed by atoms with Gasteiger partial charge in [-0.05, 0) is 6.92 Å². The van der Waals surface area contributed by atoms with E-state index in [1.165, 1.54) is 6.92 Å². The molecule has 0 radical (unpaired) electrons. The van der Waals surface area contributed by atoms with E-state index in [1.807, 2.05) is 0 Å². The summed E-state index contributed by atoms with van der Waals surface area (Å²) in [7, 11) is 0. The van der Waals surface area contributed by atoms with Crippen LogP contribution >= 0.6 is 0 Å². The van der Waals surface area contributed by atoms with Crippen molar-refractivity contribution in [3.63, 3.8) is 0 Å². The molecule has 0 saturated heterocycles. The Morgan fingerprint density at radius 3 is 2.21 bits per heavy atom. The van der Waals surface area contributed by atoms with Crippen LogP contribution in [0.2, 0.25) is 0 Å². The van der Waals surface area contributed by atoms with Crippen LogP contribution in [0.4, 0.5) is 4.79 Å². The Morgan fingerprint density at radius 1 is 1.29 bits per heavy atom. The normalized spacial score (nSPS) is 11.5. The molecule has 0 aliphatic heterocycles. The zero-order chi connectivity index (χ0) is 11.1. The van der Waals surface area contributed by atoms with Crippen molar-refractivity contribution in [1.29, 1.82) is 0 Å². The summed E-state index contributed by atoms with van der Waals surface area (Å²) >= 11 is 0. The molecule has 1 unspecified atom stereocenters. The lowest BCUT2D eigenvalue weighted by atomic mass is 10.2. The van der Waals surface area contributed by atoms with Gasteiger partial charge >= 0.3 is 18.1 Å². The standard InChI is InChI=1S/C7H10O7/c1-2-13-7(12)14-4(6(10)11)3-5(8)9/h4H,2-3H2,1H3,(H,8,9)(H,10,11). The van der Waals surface area contributed by atoms with Gasteiger partial charge in [0.2, 0.25) is 6.10 Å². The maximum Gasteiger partial charge on any atom is 0.509 e. The Morgan fingerprint density at radius 2 is 1.86 bits per heavy atom. The highest BCUT2D eigenvalue weighted by molar-refractivity contribution is 5.81. The highest BCUT2D eigenvalue weighted by Gasteiger charge is 2.25. The fourth-order valence-electron chi connectivity index (χ4n) is 0.606. The van der Waals surface area contributed by atoms with Gasteiger partial charge in [-0.1, -0.05) is 0 Å². The van der Waals surface area contributed by atoms with E-state index in [4.69, 9.17) is 10.2 Å². The van der Waals surface area contributed by atoms with Crippen molar-refractivity contribution in [1.82, 2.24) is 0 Å². The first-order chi connectivity index (χ1) is 6.47. The average Bonchev–Trinajstić information content (AvgIpc) is 2.02. The number of carboxylic acids is 2. The fraction of sp³-hybridized carbons (Fsp3) is 0.571. The van der Waals surface area contributed by atoms with Gasteiger partial charge in [0.05, 0.1) is 13.0 Å². The van der Waals surface area contributed by atoms with Gasteiger partial charge in [0.15, 0.2) is 0 Å². The van der Waals surface area contributed by atoms with E-state index in [0.717, 1.165) is 0 Å². The zero-order valence-electron chi connectivity index (χ0n) is 7.43. The number of hydrogen-bond donors (Lipinski definition) is 2. The summed E-state index contributed by atoms with van der Waals surface area (Å²) in [5, 5.41) is 16.7. The number of carbonyl (C=O) groups excluding carboxylic acids is 1. The van der Waals surface area contributed by atoms with Gasteiger partial charge in [-0.25, -0.2) is 9.59 Å². The predicted octanol–water partition coefficient (Wildman–Crippen LogP) is 0.0874. The molecule has 80 valence electrons. The van der Waals surface area contributed by atoms with Gasteiger partial charge in [0.1, 0.15) is 0 Å². The predicted molar refractivity (Wildman–Crippen MR) is 41.8 cm³/mol. The van der Waals surface area contributed by atoms with Crippen LogP contribution in [0.15, 0.2) is 0 Å². The first-order valence-electron chi connectivity index (χ1n) is 3.75. The molecule has 0 heterocycles. The SMILES string of the molecule is CCOC(=O)OC(CC(=O)O)C(=O)O. The number of aliphatic carboxylic acids is 2. The van der Waals surface area contributed by atoms with Crippen molar-refractivity contribution >= 4 is 18.1 Å². The topological polar surface area (TPSA) is 110 Å². The van der Waals surface area contributed by atoms with Crippen LogP contribution in [0.1, 0.15) is 13.3 Å². The number of carbonyl (C=O) groups is 3. The Hall–Kier alpha value is -1.79. The lowest BCUT2D eigenvalue weighted by Gasteiger charge is -2.10. The molecule has 1 atom stereocenters. The summed E-state index contributed by atoms with van der Waals surface area (Å²) in [5.74, 6) is -2.90. The first-order valence-corrected chi connectivity index (χ1v) is 3.75. The number of carboxylic acid groups (broad SMARTS) is 2. The number of ether oxygens (including phenoxy) is 2. The molecular formula is C7H10O7. The van der Waals surface area contributed by atoms with E-state index in [9.17, 15) is 14.4 Å². The van der Waals surface area contributed by atoms with Gasteiger partial charge in [-0.2, -0.15) is 0 Å². The molecular weight excluding hydrogens is 196 g/mol. The molecule has 0 bridgehead atoms. The monoisotopic (exact) mass is 206 g/mol. The Bertz CT molecular complexity index is 234. The minimum atomic E-state index is -1.72. The van der Waals surface area contributed by atoms with Crippen LogP contribution in [0.3, 0.4) is 0 Å². The van der Waals surface area contributed by atoms with Crippen LogP contribution in [-0.4, -0.2) is 41.0 Å². The van der Waals surface area contributed by atoms with E-state index >= 15 is 0 Å².